The van der Waals surface area contributed by atoms with E-state index in [2.05, 4.69) is 5.32 Å². The van der Waals surface area contributed by atoms with Gasteiger partial charge in [-0.2, -0.15) is 0 Å². The van der Waals surface area contributed by atoms with E-state index in [9.17, 15) is 4.79 Å². The first kappa shape index (κ1) is 16.6. The maximum Gasteiger partial charge on any atom is 0.248 e. The molecule has 0 atom stereocenters. The molecule has 0 heterocycles. The molecule has 0 aliphatic rings. The van der Waals surface area contributed by atoms with Crippen LogP contribution >= 0.6 is 0 Å². The predicted molar refractivity (Wildman–Crippen MR) is 93.1 cm³/mol. The Labute approximate surface area is 136 Å². The monoisotopic (exact) mass is 311 g/mol. The van der Waals surface area contributed by atoms with Gasteiger partial charge in [0.2, 0.25) is 5.91 Å². The molecule has 1 amide bonds. The van der Waals surface area contributed by atoms with E-state index in [4.69, 9.17) is 9.47 Å². The highest BCUT2D eigenvalue weighted by atomic mass is 16.5. The lowest BCUT2D eigenvalue weighted by Gasteiger charge is -2.08. The van der Waals surface area contributed by atoms with Gasteiger partial charge in [-0.3, -0.25) is 4.79 Å². The van der Waals surface area contributed by atoms with E-state index in [0.29, 0.717) is 11.5 Å². The van der Waals surface area contributed by atoms with Crippen LogP contribution in [0.5, 0.6) is 11.5 Å². The van der Waals surface area contributed by atoms with Crippen molar-refractivity contribution < 1.29 is 14.3 Å². The molecule has 0 saturated carbocycles. The van der Waals surface area contributed by atoms with Gasteiger partial charge in [0.25, 0.3) is 0 Å². The third kappa shape index (κ3) is 4.36. The lowest BCUT2D eigenvalue weighted by molar-refractivity contribution is -0.111. The molecule has 23 heavy (non-hydrogen) atoms. The molecule has 4 heteroatoms. The van der Waals surface area contributed by atoms with Gasteiger partial charge in [-0.05, 0) is 55.3 Å². The third-order valence-electron chi connectivity index (χ3n) is 3.63. The van der Waals surface area contributed by atoms with Crippen molar-refractivity contribution in [2.75, 3.05) is 19.5 Å². The minimum atomic E-state index is -0.189. The number of aryl methyl sites for hydroxylation is 2. The zero-order valence-electron chi connectivity index (χ0n) is 13.8. The van der Waals surface area contributed by atoms with Crippen LogP contribution in [0.1, 0.15) is 16.7 Å². The highest BCUT2D eigenvalue weighted by molar-refractivity contribution is 6.02. The maximum atomic E-state index is 12.0. The largest absolute Gasteiger partial charge is 0.497 e. The second-order valence-corrected chi connectivity index (χ2v) is 5.23. The summed E-state index contributed by atoms with van der Waals surface area (Å²) in [5, 5.41) is 2.85. The Morgan fingerprint density at radius 3 is 2.43 bits per heavy atom. The summed E-state index contributed by atoms with van der Waals surface area (Å²) in [7, 11) is 3.18. The Morgan fingerprint density at radius 1 is 1.00 bits per heavy atom. The lowest BCUT2D eigenvalue weighted by atomic mass is 10.1. The van der Waals surface area contributed by atoms with Gasteiger partial charge in [-0.25, -0.2) is 0 Å². The van der Waals surface area contributed by atoms with Crippen molar-refractivity contribution in [1.82, 2.24) is 0 Å². The zero-order valence-corrected chi connectivity index (χ0v) is 13.8. The van der Waals surface area contributed by atoms with Crippen LogP contribution in [0.3, 0.4) is 0 Å². The van der Waals surface area contributed by atoms with Crippen LogP contribution in [0.15, 0.2) is 42.5 Å². The first-order chi connectivity index (χ1) is 11.0. The van der Waals surface area contributed by atoms with Crippen LogP contribution in [-0.2, 0) is 4.79 Å². The molecule has 1 N–H and O–H groups in total. The quantitative estimate of drug-likeness (QED) is 0.850. The number of hydrogen-bond acceptors (Lipinski definition) is 3. The Morgan fingerprint density at radius 2 is 1.78 bits per heavy atom. The van der Waals surface area contributed by atoms with Crippen LogP contribution in [0.25, 0.3) is 6.08 Å². The van der Waals surface area contributed by atoms with Gasteiger partial charge in [0.05, 0.1) is 14.2 Å². The maximum absolute atomic E-state index is 12.0. The first-order valence-electron chi connectivity index (χ1n) is 7.32. The van der Waals surface area contributed by atoms with Crippen molar-refractivity contribution in [2.24, 2.45) is 0 Å². The molecule has 2 aromatic rings. The standard InChI is InChI=1S/C19H21NO3/c1-13-5-8-16(11-14(13)2)20-19(21)10-7-15-6-9-17(22-3)12-18(15)23-4/h5-12H,1-4H3,(H,20,21)/b10-7+. The van der Waals surface area contributed by atoms with E-state index in [0.717, 1.165) is 16.8 Å². The van der Waals surface area contributed by atoms with Crippen LogP contribution in [-0.4, -0.2) is 20.1 Å². The topological polar surface area (TPSA) is 47.6 Å². The molecule has 0 fully saturated rings. The van der Waals surface area contributed by atoms with Gasteiger partial charge in [0, 0.05) is 23.4 Å². The molecule has 0 aliphatic carbocycles. The Bertz CT molecular complexity index is 735. The third-order valence-corrected chi connectivity index (χ3v) is 3.63. The van der Waals surface area contributed by atoms with Gasteiger partial charge < -0.3 is 14.8 Å². The van der Waals surface area contributed by atoms with Gasteiger partial charge in [0.15, 0.2) is 0 Å². The molecule has 0 radical (unpaired) electrons. The summed E-state index contributed by atoms with van der Waals surface area (Å²) in [6.07, 6.45) is 3.20. The highest BCUT2D eigenvalue weighted by Gasteiger charge is 2.04. The molecule has 0 aromatic heterocycles. The van der Waals surface area contributed by atoms with E-state index in [1.807, 2.05) is 44.2 Å². The van der Waals surface area contributed by atoms with Crippen molar-refractivity contribution in [2.45, 2.75) is 13.8 Å². The van der Waals surface area contributed by atoms with Crippen molar-refractivity contribution in [3.63, 3.8) is 0 Å². The van der Waals surface area contributed by atoms with Crippen LogP contribution in [0, 0.1) is 13.8 Å². The Kier molecular flexibility index (Phi) is 5.41. The molecule has 2 aromatic carbocycles. The SMILES string of the molecule is COc1ccc(/C=C/C(=O)Nc2ccc(C)c(C)c2)c(OC)c1. The number of ether oxygens (including phenoxy) is 2. The minimum Gasteiger partial charge on any atom is -0.497 e. The molecule has 120 valence electrons. The summed E-state index contributed by atoms with van der Waals surface area (Å²) >= 11 is 0. The van der Waals surface area contributed by atoms with E-state index in [-0.39, 0.29) is 5.91 Å². The van der Waals surface area contributed by atoms with Gasteiger partial charge >= 0.3 is 0 Å². The smallest absolute Gasteiger partial charge is 0.248 e. The number of methoxy groups -OCH3 is 2. The molecule has 0 saturated heterocycles. The Hall–Kier alpha value is -2.75. The average Bonchev–Trinajstić information content (AvgIpc) is 2.56. The first-order valence-corrected chi connectivity index (χ1v) is 7.32. The van der Waals surface area contributed by atoms with E-state index < -0.39 is 0 Å². The number of carbonyl (C=O) groups excluding carboxylic acids is 1. The van der Waals surface area contributed by atoms with Crippen LogP contribution in [0.4, 0.5) is 5.69 Å². The second kappa shape index (κ2) is 7.49. The summed E-state index contributed by atoms with van der Waals surface area (Å²) in [5.41, 5.74) is 3.93. The molecule has 0 bridgehead atoms. The normalized spacial score (nSPS) is 10.6. The minimum absolute atomic E-state index is 0.189. The van der Waals surface area contributed by atoms with Crippen LogP contribution < -0.4 is 14.8 Å². The fourth-order valence-electron chi connectivity index (χ4n) is 2.12. The van der Waals surface area contributed by atoms with Crippen molar-refractivity contribution in [3.8, 4) is 11.5 Å². The van der Waals surface area contributed by atoms with Crippen LogP contribution in [0.2, 0.25) is 0 Å². The summed E-state index contributed by atoms with van der Waals surface area (Å²) in [4.78, 5) is 12.0. The molecule has 0 aliphatic heterocycles. The summed E-state index contributed by atoms with van der Waals surface area (Å²) in [5.74, 6) is 1.17. The average molecular weight is 311 g/mol. The predicted octanol–water partition coefficient (Wildman–Crippen LogP) is 3.97. The van der Waals surface area contributed by atoms with E-state index in [1.54, 1.807) is 26.4 Å². The highest BCUT2D eigenvalue weighted by Crippen LogP contribution is 2.25. The fraction of sp³-hybridized carbons (Fsp3) is 0.211. The summed E-state index contributed by atoms with van der Waals surface area (Å²) in [6, 6.07) is 11.3. The summed E-state index contributed by atoms with van der Waals surface area (Å²) < 4.78 is 10.5. The van der Waals surface area contributed by atoms with Gasteiger partial charge in [-0.15, -0.1) is 0 Å². The number of benzene rings is 2. The number of anilines is 1. The van der Waals surface area contributed by atoms with E-state index >= 15 is 0 Å². The number of rotatable bonds is 5. The molecular weight excluding hydrogens is 290 g/mol. The van der Waals surface area contributed by atoms with Gasteiger partial charge in [-0.1, -0.05) is 6.07 Å². The van der Waals surface area contributed by atoms with Crippen molar-refractivity contribution in [1.29, 1.82) is 0 Å². The lowest BCUT2D eigenvalue weighted by Crippen LogP contribution is -2.08. The number of amides is 1. The number of hydrogen-bond donors (Lipinski definition) is 1. The number of nitrogens with one attached hydrogen (secondary N) is 1. The van der Waals surface area contributed by atoms with Crippen molar-refractivity contribution in [3.05, 3.63) is 59.2 Å². The summed E-state index contributed by atoms with van der Waals surface area (Å²) in [6.45, 7) is 4.06. The van der Waals surface area contributed by atoms with Crippen molar-refractivity contribution >= 4 is 17.7 Å². The fourth-order valence-corrected chi connectivity index (χ4v) is 2.12. The second-order valence-electron chi connectivity index (χ2n) is 5.23. The Balaban J connectivity index is 2.10. The number of carbonyl (C=O) groups is 1. The van der Waals surface area contributed by atoms with Gasteiger partial charge in [0.1, 0.15) is 11.5 Å². The zero-order chi connectivity index (χ0) is 16.8. The molecule has 0 spiro atoms. The van der Waals surface area contributed by atoms with E-state index in [1.165, 1.54) is 11.6 Å². The molecule has 0 unspecified atom stereocenters. The molecule has 4 nitrogen and oxygen atoms in total. The molecule has 2 rings (SSSR count). The molecular formula is C19H21NO3.